The van der Waals surface area contributed by atoms with Crippen molar-refractivity contribution in [2.45, 2.75) is 31.4 Å². The van der Waals surface area contributed by atoms with E-state index in [9.17, 15) is 5.11 Å². The van der Waals surface area contributed by atoms with Crippen molar-refractivity contribution in [3.63, 3.8) is 0 Å². The van der Waals surface area contributed by atoms with Crippen molar-refractivity contribution in [3.8, 4) is 11.1 Å². The van der Waals surface area contributed by atoms with Crippen LogP contribution < -0.4 is 21.9 Å². The van der Waals surface area contributed by atoms with Crippen LogP contribution in [-0.2, 0) is 5.72 Å². The summed E-state index contributed by atoms with van der Waals surface area (Å²) >= 11 is 3.54. The second kappa shape index (κ2) is 9.27. The highest BCUT2D eigenvalue weighted by Gasteiger charge is 2.53. The summed E-state index contributed by atoms with van der Waals surface area (Å²) in [5, 5.41) is 12.1. The number of hydrogen-bond donors (Lipinski definition) is 1. The third-order valence-corrected chi connectivity index (χ3v) is 6.80. The Balaban J connectivity index is 0.00000231. The summed E-state index contributed by atoms with van der Waals surface area (Å²) in [6, 6.07) is 27.1. The van der Waals surface area contributed by atoms with Crippen molar-refractivity contribution in [3.05, 3.63) is 88.9 Å². The fourth-order valence-electron chi connectivity index (χ4n) is 4.76. The lowest BCUT2D eigenvalue weighted by molar-refractivity contribution is -0.534. The van der Waals surface area contributed by atoms with Gasteiger partial charge in [0.15, 0.2) is 6.54 Å². The van der Waals surface area contributed by atoms with Gasteiger partial charge in [0.1, 0.15) is 5.69 Å². The van der Waals surface area contributed by atoms with Crippen molar-refractivity contribution in [1.29, 1.82) is 0 Å². The van der Waals surface area contributed by atoms with Gasteiger partial charge in [-0.15, -0.1) is 0 Å². The molecule has 3 nitrogen and oxygen atoms in total. The number of benzene rings is 3. The molecule has 0 saturated carbocycles. The summed E-state index contributed by atoms with van der Waals surface area (Å²) in [7, 11) is 0. The number of hydrogen-bond acceptors (Lipinski definition) is 2. The summed E-state index contributed by atoms with van der Waals surface area (Å²) in [5.41, 5.74) is 3.25. The minimum Gasteiger partial charge on any atom is -1.00 e. The van der Waals surface area contributed by atoms with E-state index in [1.165, 1.54) is 36.2 Å². The zero-order valence-corrected chi connectivity index (χ0v) is 20.5. The average molecular weight is 542 g/mol. The molecule has 0 radical (unpaired) electrons. The van der Waals surface area contributed by atoms with Crippen molar-refractivity contribution < 1.29 is 26.7 Å². The standard InChI is InChI=1S/C26H26BrN2O.BrH/c27-23-14-16-24(17-15-23)29-25-9-5-2-6-18-28(25)19-26(29,30)22-12-10-21(11-13-22)20-7-3-1-4-8-20;/h1,3-4,7-8,10-17,30H,2,5-6,9,18-19H2;1H/q+1;/p-1. The van der Waals surface area contributed by atoms with Gasteiger partial charge < -0.3 is 22.1 Å². The molecule has 5 rings (SSSR count). The molecular formula is C26H26Br2N2O. The summed E-state index contributed by atoms with van der Waals surface area (Å²) in [6.07, 6.45) is 4.60. The Hall–Kier alpha value is -1.95. The minimum absolute atomic E-state index is 0. The van der Waals surface area contributed by atoms with Gasteiger partial charge in [0.05, 0.1) is 6.54 Å². The summed E-state index contributed by atoms with van der Waals surface area (Å²) < 4.78 is 3.43. The third-order valence-electron chi connectivity index (χ3n) is 6.27. The molecule has 1 atom stereocenters. The molecule has 0 spiro atoms. The number of halogens is 2. The maximum Gasteiger partial charge on any atom is 0.275 e. The van der Waals surface area contributed by atoms with Crippen LogP contribution in [0.1, 0.15) is 31.2 Å². The monoisotopic (exact) mass is 540 g/mol. The van der Waals surface area contributed by atoms with Crippen LogP contribution in [0, 0.1) is 0 Å². The van der Waals surface area contributed by atoms with Crippen molar-refractivity contribution in [2.75, 3.05) is 18.0 Å². The first-order chi connectivity index (χ1) is 14.6. The summed E-state index contributed by atoms with van der Waals surface area (Å²) in [5.74, 6) is 1.24. The van der Waals surface area contributed by atoms with E-state index in [1.54, 1.807) is 0 Å². The Bertz CT molecular complexity index is 1060. The van der Waals surface area contributed by atoms with Gasteiger partial charge in [0.25, 0.3) is 11.6 Å². The number of anilines is 1. The number of aliphatic hydroxyl groups is 1. The second-order valence-corrected chi connectivity index (χ2v) is 9.14. The molecule has 5 heteroatoms. The Morgan fingerprint density at radius 3 is 2.19 bits per heavy atom. The molecule has 3 aromatic carbocycles. The van der Waals surface area contributed by atoms with Crippen LogP contribution in [0.5, 0.6) is 0 Å². The first-order valence-electron chi connectivity index (χ1n) is 10.7. The molecule has 2 aliphatic rings. The van der Waals surface area contributed by atoms with E-state index in [2.05, 4.69) is 86.1 Å². The van der Waals surface area contributed by atoms with Gasteiger partial charge in [0.2, 0.25) is 0 Å². The van der Waals surface area contributed by atoms with Crippen LogP contribution in [0.15, 0.2) is 83.3 Å². The minimum atomic E-state index is -1.07. The molecule has 0 aromatic heterocycles. The van der Waals surface area contributed by atoms with Gasteiger partial charge in [-0.3, -0.25) is 4.58 Å². The molecule has 0 amide bonds. The SMILES string of the molecule is OC1(c2ccc(-c3ccccc3)cc2)C[N+]2=C(CCCCC2)N1c1ccc(Br)cc1.[Br-]. The Morgan fingerprint density at radius 2 is 1.48 bits per heavy atom. The molecule has 0 bridgehead atoms. The number of rotatable bonds is 3. The average Bonchev–Trinajstić information content (AvgIpc) is 2.91. The van der Waals surface area contributed by atoms with E-state index in [-0.39, 0.29) is 17.0 Å². The number of amidine groups is 1. The lowest BCUT2D eigenvalue weighted by Crippen LogP contribution is -3.00. The third kappa shape index (κ3) is 4.23. The quantitative estimate of drug-likeness (QED) is 0.516. The zero-order chi connectivity index (χ0) is 20.6. The smallest absolute Gasteiger partial charge is 0.275 e. The van der Waals surface area contributed by atoms with Crippen LogP contribution in [-0.4, -0.2) is 28.6 Å². The molecule has 160 valence electrons. The summed E-state index contributed by atoms with van der Waals surface area (Å²) in [4.78, 5) is 2.17. The Labute approximate surface area is 202 Å². The highest BCUT2D eigenvalue weighted by atomic mass is 79.9. The van der Waals surface area contributed by atoms with Gasteiger partial charge in [0, 0.05) is 16.5 Å². The van der Waals surface area contributed by atoms with Crippen LogP contribution in [0.25, 0.3) is 11.1 Å². The predicted molar refractivity (Wildman–Crippen MR) is 126 cm³/mol. The fraction of sp³-hybridized carbons (Fsp3) is 0.269. The van der Waals surface area contributed by atoms with Crippen molar-refractivity contribution >= 4 is 27.5 Å². The van der Waals surface area contributed by atoms with E-state index in [0.29, 0.717) is 6.54 Å². The van der Waals surface area contributed by atoms with Crippen molar-refractivity contribution in [2.24, 2.45) is 0 Å². The molecule has 31 heavy (non-hydrogen) atoms. The molecule has 1 N–H and O–H groups in total. The van der Waals surface area contributed by atoms with Gasteiger partial charge >= 0.3 is 0 Å². The van der Waals surface area contributed by atoms with E-state index < -0.39 is 5.72 Å². The zero-order valence-electron chi connectivity index (χ0n) is 17.3. The van der Waals surface area contributed by atoms with Crippen LogP contribution in [0.4, 0.5) is 5.69 Å². The lowest BCUT2D eigenvalue weighted by atomic mass is 9.96. The molecule has 0 fully saturated rings. The summed E-state index contributed by atoms with van der Waals surface area (Å²) in [6.45, 7) is 1.61. The van der Waals surface area contributed by atoms with Gasteiger partial charge in [-0.2, -0.15) is 4.90 Å². The van der Waals surface area contributed by atoms with Crippen molar-refractivity contribution in [1.82, 2.24) is 0 Å². The number of nitrogens with zero attached hydrogens (tertiary/aromatic N) is 2. The van der Waals surface area contributed by atoms with Gasteiger partial charge in [-0.25, -0.2) is 0 Å². The largest absolute Gasteiger partial charge is 1.00 e. The molecule has 0 aliphatic carbocycles. The van der Waals surface area contributed by atoms with E-state index in [4.69, 9.17) is 0 Å². The van der Waals surface area contributed by atoms with Gasteiger partial charge in [-0.1, -0.05) is 70.5 Å². The van der Waals surface area contributed by atoms with Crippen LogP contribution in [0.2, 0.25) is 0 Å². The Morgan fingerprint density at radius 1 is 0.806 bits per heavy atom. The van der Waals surface area contributed by atoms with Crippen LogP contribution >= 0.6 is 15.9 Å². The molecule has 2 aliphatic heterocycles. The Kier molecular flexibility index (Phi) is 6.65. The molecule has 3 aromatic rings. The van der Waals surface area contributed by atoms with E-state index in [1.807, 2.05) is 18.2 Å². The molecule has 1 unspecified atom stereocenters. The fourth-order valence-corrected chi connectivity index (χ4v) is 5.02. The predicted octanol–water partition coefficient (Wildman–Crippen LogP) is 2.77. The van der Waals surface area contributed by atoms with E-state index >= 15 is 0 Å². The van der Waals surface area contributed by atoms with E-state index in [0.717, 1.165) is 28.7 Å². The van der Waals surface area contributed by atoms with Crippen LogP contribution in [0.3, 0.4) is 0 Å². The normalized spacial score (nSPS) is 20.8. The topological polar surface area (TPSA) is 26.5 Å². The molecule has 2 heterocycles. The molecular weight excluding hydrogens is 516 g/mol. The lowest BCUT2D eigenvalue weighted by Gasteiger charge is -2.29. The second-order valence-electron chi connectivity index (χ2n) is 8.22. The molecule has 0 saturated heterocycles. The van der Waals surface area contributed by atoms with Gasteiger partial charge in [-0.05, 0) is 54.7 Å². The highest BCUT2D eigenvalue weighted by Crippen LogP contribution is 2.38. The maximum absolute atomic E-state index is 12.1. The maximum atomic E-state index is 12.1. The first-order valence-corrected chi connectivity index (χ1v) is 11.5. The first kappa shape index (κ1) is 22.3. The highest BCUT2D eigenvalue weighted by molar-refractivity contribution is 9.10.